The minimum atomic E-state index is 0.109. The van der Waals surface area contributed by atoms with E-state index >= 15 is 0 Å². The van der Waals surface area contributed by atoms with Crippen molar-refractivity contribution in [2.24, 2.45) is 11.8 Å². The third-order valence-electron chi connectivity index (χ3n) is 4.81. The van der Waals surface area contributed by atoms with E-state index in [4.69, 9.17) is 10.6 Å². The Balaban J connectivity index is 1.84. The summed E-state index contributed by atoms with van der Waals surface area (Å²) in [4.78, 5) is 0. The van der Waals surface area contributed by atoms with Crippen LogP contribution in [-0.2, 0) is 4.74 Å². The second kappa shape index (κ2) is 6.74. The van der Waals surface area contributed by atoms with Crippen molar-refractivity contribution < 1.29 is 4.74 Å². The largest absolute Gasteiger partial charge is 0.374 e. The van der Waals surface area contributed by atoms with Gasteiger partial charge in [-0.2, -0.15) is 11.8 Å². The van der Waals surface area contributed by atoms with Gasteiger partial charge in [-0.3, -0.25) is 11.3 Å². The third kappa shape index (κ3) is 3.27. The van der Waals surface area contributed by atoms with E-state index in [9.17, 15) is 0 Å². The SMILES string of the molecule is Cc1cccc(C(NN)C2CCOC3(CCSC3)C2)c1I. The molecular weight excluding hydrogens is 395 g/mol. The van der Waals surface area contributed by atoms with Crippen molar-refractivity contribution >= 4 is 34.4 Å². The van der Waals surface area contributed by atoms with Gasteiger partial charge in [0.05, 0.1) is 11.6 Å². The van der Waals surface area contributed by atoms with Crippen molar-refractivity contribution in [3.05, 3.63) is 32.9 Å². The van der Waals surface area contributed by atoms with Gasteiger partial charge >= 0.3 is 0 Å². The highest BCUT2D eigenvalue weighted by molar-refractivity contribution is 14.1. The third-order valence-corrected chi connectivity index (χ3v) is 7.50. The standard InChI is InChI=1S/C16H23IN2OS/c1-11-3-2-4-13(14(11)17)15(19-18)12-5-7-20-16(9-12)6-8-21-10-16/h2-4,12,15,19H,5-10,18H2,1H3. The molecule has 2 fully saturated rings. The molecule has 3 rings (SSSR count). The summed E-state index contributed by atoms with van der Waals surface area (Å²) in [5.74, 6) is 8.87. The van der Waals surface area contributed by atoms with Gasteiger partial charge in [0.15, 0.2) is 0 Å². The van der Waals surface area contributed by atoms with Gasteiger partial charge in [-0.05, 0) is 71.6 Å². The average molecular weight is 418 g/mol. The van der Waals surface area contributed by atoms with Crippen LogP contribution in [-0.4, -0.2) is 23.7 Å². The number of aryl methyl sites for hydroxylation is 1. The van der Waals surface area contributed by atoms with Crippen LogP contribution < -0.4 is 11.3 Å². The zero-order valence-corrected chi connectivity index (χ0v) is 15.4. The van der Waals surface area contributed by atoms with Crippen molar-refractivity contribution in [1.29, 1.82) is 0 Å². The second-order valence-electron chi connectivity index (χ2n) is 6.21. The molecule has 0 bridgehead atoms. The van der Waals surface area contributed by atoms with Crippen LogP contribution in [0.3, 0.4) is 0 Å². The van der Waals surface area contributed by atoms with Gasteiger partial charge in [-0.1, -0.05) is 18.2 Å². The number of thioether (sulfide) groups is 1. The van der Waals surface area contributed by atoms with Crippen LogP contribution in [0.2, 0.25) is 0 Å². The lowest BCUT2D eigenvalue weighted by atomic mass is 9.79. The molecule has 5 heteroatoms. The molecule has 3 nitrogen and oxygen atoms in total. The summed E-state index contributed by atoms with van der Waals surface area (Å²) in [5.41, 5.74) is 5.87. The minimum Gasteiger partial charge on any atom is -0.374 e. The zero-order valence-electron chi connectivity index (χ0n) is 12.4. The van der Waals surface area contributed by atoms with E-state index in [1.807, 2.05) is 11.8 Å². The van der Waals surface area contributed by atoms with Crippen molar-refractivity contribution in [2.45, 2.75) is 37.8 Å². The van der Waals surface area contributed by atoms with Crippen LogP contribution in [0.25, 0.3) is 0 Å². The Morgan fingerprint density at radius 1 is 1.52 bits per heavy atom. The maximum atomic E-state index is 6.15. The van der Waals surface area contributed by atoms with E-state index in [2.05, 4.69) is 53.1 Å². The molecule has 0 aliphatic carbocycles. The first kappa shape index (κ1) is 16.1. The monoisotopic (exact) mass is 418 g/mol. The molecule has 0 amide bonds. The van der Waals surface area contributed by atoms with Gasteiger partial charge in [-0.15, -0.1) is 0 Å². The molecule has 2 saturated heterocycles. The van der Waals surface area contributed by atoms with Crippen LogP contribution in [0.1, 0.15) is 36.4 Å². The first-order valence-corrected chi connectivity index (χ1v) is 9.81. The average Bonchev–Trinajstić information content (AvgIpc) is 2.92. The van der Waals surface area contributed by atoms with Crippen molar-refractivity contribution in [3.63, 3.8) is 0 Å². The molecule has 0 saturated carbocycles. The smallest absolute Gasteiger partial charge is 0.0783 e. The summed E-state index contributed by atoms with van der Waals surface area (Å²) in [5, 5.41) is 0. The van der Waals surface area contributed by atoms with E-state index in [-0.39, 0.29) is 11.6 Å². The molecule has 0 aromatic heterocycles. The van der Waals surface area contributed by atoms with Gasteiger partial charge in [0.25, 0.3) is 0 Å². The Morgan fingerprint density at radius 2 is 2.38 bits per heavy atom. The summed E-state index contributed by atoms with van der Waals surface area (Å²) in [6, 6.07) is 6.74. The molecule has 0 radical (unpaired) electrons. The molecule has 2 heterocycles. The maximum absolute atomic E-state index is 6.15. The molecule has 21 heavy (non-hydrogen) atoms. The number of hydrogen-bond donors (Lipinski definition) is 2. The maximum Gasteiger partial charge on any atom is 0.0783 e. The van der Waals surface area contributed by atoms with Gasteiger partial charge in [0.1, 0.15) is 0 Å². The number of hydrogen-bond acceptors (Lipinski definition) is 4. The van der Waals surface area contributed by atoms with Gasteiger partial charge in [-0.25, -0.2) is 0 Å². The number of benzene rings is 1. The predicted octanol–water partition coefficient (Wildman–Crippen LogP) is 3.41. The van der Waals surface area contributed by atoms with Crippen molar-refractivity contribution in [1.82, 2.24) is 5.43 Å². The Bertz CT molecular complexity index is 505. The lowest BCUT2D eigenvalue weighted by Gasteiger charge is -2.41. The molecule has 1 aromatic rings. The van der Waals surface area contributed by atoms with Crippen LogP contribution in [0.15, 0.2) is 18.2 Å². The molecule has 2 aliphatic heterocycles. The highest BCUT2D eigenvalue weighted by atomic mass is 127. The number of nitrogens with one attached hydrogen (secondary N) is 1. The van der Waals surface area contributed by atoms with Crippen molar-refractivity contribution in [2.75, 3.05) is 18.1 Å². The number of halogens is 1. The molecule has 116 valence electrons. The van der Waals surface area contributed by atoms with E-state index in [1.54, 1.807) is 0 Å². The quantitative estimate of drug-likeness (QED) is 0.449. The van der Waals surface area contributed by atoms with Crippen LogP contribution in [0.5, 0.6) is 0 Å². The fourth-order valence-electron chi connectivity index (χ4n) is 3.60. The summed E-state index contributed by atoms with van der Waals surface area (Å²) < 4.78 is 7.48. The summed E-state index contributed by atoms with van der Waals surface area (Å²) in [6.45, 7) is 3.03. The number of ether oxygens (including phenoxy) is 1. The number of hydrazine groups is 1. The van der Waals surface area contributed by atoms with Gasteiger partial charge < -0.3 is 4.74 Å². The van der Waals surface area contributed by atoms with Crippen LogP contribution in [0.4, 0.5) is 0 Å². The van der Waals surface area contributed by atoms with Crippen LogP contribution in [0, 0.1) is 16.4 Å². The lowest BCUT2D eigenvalue weighted by Crippen LogP contribution is -2.45. The number of nitrogens with two attached hydrogens (primary N) is 1. The van der Waals surface area contributed by atoms with E-state index in [1.165, 1.54) is 26.9 Å². The molecule has 3 unspecified atom stereocenters. The molecule has 2 aliphatic rings. The molecule has 1 spiro atoms. The van der Waals surface area contributed by atoms with E-state index in [0.717, 1.165) is 25.2 Å². The Kier molecular flexibility index (Phi) is 5.15. The first-order valence-electron chi connectivity index (χ1n) is 7.58. The summed E-state index contributed by atoms with van der Waals surface area (Å²) in [7, 11) is 0. The van der Waals surface area contributed by atoms with Crippen molar-refractivity contribution in [3.8, 4) is 0 Å². The van der Waals surface area contributed by atoms with Gasteiger partial charge in [0, 0.05) is 15.9 Å². The summed E-state index contributed by atoms with van der Waals surface area (Å²) in [6.07, 6.45) is 3.40. The summed E-state index contributed by atoms with van der Waals surface area (Å²) >= 11 is 4.47. The Labute approximate surface area is 144 Å². The predicted molar refractivity (Wildman–Crippen MR) is 97.3 cm³/mol. The first-order chi connectivity index (χ1) is 10.2. The fourth-order valence-corrected chi connectivity index (χ4v) is 5.68. The zero-order chi connectivity index (χ0) is 14.9. The molecule has 3 N–H and O–H groups in total. The molecule has 1 aromatic carbocycles. The van der Waals surface area contributed by atoms with E-state index in [0.29, 0.717) is 5.92 Å². The lowest BCUT2D eigenvalue weighted by molar-refractivity contribution is -0.0854. The van der Waals surface area contributed by atoms with Gasteiger partial charge in [0.2, 0.25) is 0 Å². The van der Waals surface area contributed by atoms with E-state index < -0.39 is 0 Å². The Hall–Kier alpha value is 0.180. The molecular formula is C16H23IN2OS. The van der Waals surface area contributed by atoms with Crippen LogP contribution >= 0.6 is 34.4 Å². The normalized spacial score (nSPS) is 30.7. The Morgan fingerprint density at radius 3 is 3.10 bits per heavy atom. The highest BCUT2D eigenvalue weighted by Gasteiger charge is 2.42. The fraction of sp³-hybridized carbons (Fsp3) is 0.625. The minimum absolute atomic E-state index is 0.109. The second-order valence-corrected chi connectivity index (χ2v) is 8.39. The topological polar surface area (TPSA) is 47.3 Å². The highest BCUT2D eigenvalue weighted by Crippen LogP contribution is 2.44. The molecule has 3 atom stereocenters. The number of rotatable bonds is 3.